The molecule has 2 rings (SSSR count). The third-order valence-corrected chi connectivity index (χ3v) is 3.49. The molecule has 0 aliphatic carbocycles. The van der Waals surface area contributed by atoms with E-state index < -0.39 is 0 Å². The number of benzene rings is 1. The molecule has 0 aliphatic heterocycles. The monoisotopic (exact) mass is 264 g/mol. The Morgan fingerprint density at radius 2 is 1.94 bits per heavy atom. The molecule has 0 saturated heterocycles. The minimum absolute atomic E-state index is 0.111. The molecule has 1 atom stereocenters. The van der Waals surface area contributed by atoms with Gasteiger partial charge in [-0.1, -0.05) is 23.7 Å². The van der Waals surface area contributed by atoms with Crippen molar-refractivity contribution >= 4 is 11.6 Å². The minimum atomic E-state index is -0.111. The molecular formula is C14H17ClN2O. The molecule has 18 heavy (non-hydrogen) atoms. The van der Waals surface area contributed by atoms with E-state index in [-0.39, 0.29) is 6.04 Å². The third-order valence-electron chi connectivity index (χ3n) is 3.09. The van der Waals surface area contributed by atoms with Gasteiger partial charge in [0.1, 0.15) is 11.5 Å². The fourth-order valence-corrected chi connectivity index (χ4v) is 2.28. The van der Waals surface area contributed by atoms with E-state index in [0.717, 1.165) is 33.2 Å². The first-order chi connectivity index (χ1) is 8.52. The number of furan rings is 1. The van der Waals surface area contributed by atoms with Crippen molar-refractivity contribution < 1.29 is 4.42 Å². The van der Waals surface area contributed by atoms with Gasteiger partial charge in [0, 0.05) is 10.6 Å². The van der Waals surface area contributed by atoms with Crippen LogP contribution < -0.4 is 11.3 Å². The van der Waals surface area contributed by atoms with Gasteiger partial charge in [0.2, 0.25) is 0 Å². The molecule has 0 saturated carbocycles. The van der Waals surface area contributed by atoms with E-state index in [0.29, 0.717) is 0 Å². The maximum Gasteiger partial charge on any atom is 0.106 e. The SMILES string of the molecule is Cc1cc(C(NN)c2ccc(C)c(Cl)c2)c(C)o1. The first kappa shape index (κ1) is 13.1. The molecule has 3 nitrogen and oxygen atoms in total. The summed E-state index contributed by atoms with van der Waals surface area (Å²) in [6.45, 7) is 5.83. The number of hydrazine groups is 1. The Hall–Kier alpha value is -1.29. The standard InChI is InChI=1S/C14H17ClN2O/c1-8-4-5-11(7-13(8)15)14(17-16)12-6-9(2)18-10(12)3/h4-7,14,17H,16H2,1-3H3. The molecule has 1 unspecified atom stereocenters. The lowest BCUT2D eigenvalue weighted by Gasteiger charge is -2.16. The maximum atomic E-state index is 6.16. The summed E-state index contributed by atoms with van der Waals surface area (Å²) in [5.41, 5.74) is 5.93. The van der Waals surface area contributed by atoms with Crippen molar-refractivity contribution in [2.45, 2.75) is 26.8 Å². The minimum Gasteiger partial charge on any atom is -0.466 e. The van der Waals surface area contributed by atoms with E-state index >= 15 is 0 Å². The molecule has 0 aliphatic rings. The Kier molecular flexibility index (Phi) is 3.76. The highest BCUT2D eigenvalue weighted by Gasteiger charge is 2.18. The van der Waals surface area contributed by atoms with Crippen LogP contribution >= 0.6 is 11.6 Å². The topological polar surface area (TPSA) is 51.2 Å². The van der Waals surface area contributed by atoms with Gasteiger partial charge >= 0.3 is 0 Å². The van der Waals surface area contributed by atoms with Crippen molar-refractivity contribution in [1.29, 1.82) is 0 Å². The Morgan fingerprint density at radius 1 is 1.22 bits per heavy atom. The number of hydrogen-bond donors (Lipinski definition) is 2. The lowest BCUT2D eigenvalue weighted by atomic mass is 9.98. The van der Waals surface area contributed by atoms with Crippen LogP contribution in [0.5, 0.6) is 0 Å². The first-order valence-corrected chi connectivity index (χ1v) is 6.20. The van der Waals surface area contributed by atoms with E-state index in [4.69, 9.17) is 21.9 Å². The van der Waals surface area contributed by atoms with Gasteiger partial charge in [-0.05, 0) is 44.0 Å². The zero-order chi connectivity index (χ0) is 13.3. The predicted octanol–water partition coefficient (Wildman–Crippen LogP) is 3.41. The molecule has 0 radical (unpaired) electrons. The highest BCUT2D eigenvalue weighted by Crippen LogP contribution is 2.29. The molecule has 0 amide bonds. The lowest BCUT2D eigenvalue weighted by molar-refractivity contribution is 0.495. The van der Waals surface area contributed by atoms with Crippen molar-refractivity contribution in [2.24, 2.45) is 5.84 Å². The van der Waals surface area contributed by atoms with Crippen LogP contribution in [0.4, 0.5) is 0 Å². The summed E-state index contributed by atoms with van der Waals surface area (Å²) in [5, 5.41) is 0.741. The predicted molar refractivity (Wildman–Crippen MR) is 73.5 cm³/mol. The van der Waals surface area contributed by atoms with Crippen LogP contribution in [0.15, 0.2) is 28.7 Å². The number of rotatable bonds is 3. The largest absolute Gasteiger partial charge is 0.466 e. The van der Waals surface area contributed by atoms with Crippen molar-refractivity contribution in [2.75, 3.05) is 0 Å². The molecule has 0 spiro atoms. The summed E-state index contributed by atoms with van der Waals surface area (Å²) >= 11 is 6.16. The molecule has 1 heterocycles. The Bertz CT molecular complexity index is 563. The quantitative estimate of drug-likeness (QED) is 0.660. The van der Waals surface area contributed by atoms with Crippen LogP contribution in [-0.2, 0) is 0 Å². The number of nitrogens with one attached hydrogen (secondary N) is 1. The number of halogens is 1. The van der Waals surface area contributed by atoms with E-state index in [2.05, 4.69) is 5.43 Å². The zero-order valence-corrected chi connectivity index (χ0v) is 11.5. The number of hydrogen-bond acceptors (Lipinski definition) is 3. The summed E-state index contributed by atoms with van der Waals surface area (Å²) in [6.07, 6.45) is 0. The van der Waals surface area contributed by atoms with Gasteiger partial charge in [0.05, 0.1) is 6.04 Å². The van der Waals surface area contributed by atoms with Crippen LogP contribution in [0.1, 0.15) is 34.3 Å². The van der Waals surface area contributed by atoms with Crippen LogP contribution in [0.2, 0.25) is 5.02 Å². The molecular weight excluding hydrogens is 248 g/mol. The Balaban J connectivity index is 2.45. The Morgan fingerprint density at radius 3 is 2.44 bits per heavy atom. The molecule has 2 aromatic rings. The average molecular weight is 265 g/mol. The second-order valence-corrected chi connectivity index (χ2v) is 4.88. The van der Waals surface area contributed by atoms with Crippen molar-refractivity contribution in [3.05, 3.63) is 57.5 Å². The van der Waals surface area contributed by atoms with Gasteiger partial charge in [-0.2, -0.15) is 0 Å². The molecule has 0 fully saturated rings. The highest BCUT2D eigenvalue weighted by atomic mass is 35.5. The third kappa shape index (κ3) is 2.43. The van der Waals surface area contributed by atoms with Crippen LogP contribution in [0.3, 0.4) is 0 Å². The van der Waals surface area contributed by atoms with Gasteiger partial charge in [-0.3, -0.25) is 5.84 Å². The van der Waals surface area contributed by atoms with Gasteiger partial charge in [-0.25, -0.2) is 5.43 Å². The number of nitrogens with two attached hydrogens (primary N) is 1. The lowest BCUT2D eigenvalue weighted by Crippen LogP contribution is -2.29. The second kappa shape index (κ2) is 5.14. The van der Waals surface area contributed by atoms with Crippen LogP contribution in [-0.4, -0.2) is 0 Å². The van der Waals surface area contributed by atoms with Crippen molar-refractivity contribution in [3.63, 3.8) is 0 Å². The first-order valence-electron chi connectivity index (χ1n) is 5.82. The molecule has 1 aromatic heterocycles. The maximum absolute atomic E-state index is 6.16. The van der Waals surface area contributed by atoms with Gasteiger partial charge in [0.15, 0.2) is 0 Å². The summed E-state index contributed by atoms with van der Waals surface area (Å²) in [5.74, 6) is 7.41. The normalized spacial score (nSPS) is 12.7. The molecule has 96 valence electrons. The van der Waals surface area contributed by atoms with Gasteiger partial charge in [-0.15, -0.1) is 0 Å². The van der Waals surface area contributed by atoms with Gasteiger partial charge in [0.25, 0.3) is 0 Å². The molecule has 4 heteroatoms. The summed E-state index contributed by atoms with van der Waals surface area (Å²) < 4.78 is 5.54. The van der Waals surface area contributed by atoms with Gasteiger partial charge < -0.3 is 4.42 Å². The number of aryl methyl sites for hydroxylation is 3. The second-order valence-electron chi connectivity index (χ2n) is 4.48. The molecule has 0 bridgehead atoms. The summed E-state index contributed by atoms with van der Waals surface area (Å²) in [6, 6.07) is 7.83. The van der Waals surface area contributed by atoms with Crippen LogP contribution in [0.25, 0.3) is 0 Å². The van der Waals surface area contributed by atoms with E-state index in [9.17, 15) is 0 Å². The molecule has 3 N–H and O–H groups in total. The zero-order valence-electron chi connectivity index (χ0n) is 10.8. The average Bonchev–Trinajstić information content (AvgIpc) is 2.64. The van der Waals surface area contributed by atoms with E-state index in [1.807, 2.05) is 45.0 Å². The van der Waals surface area contributed by atoms with Crippen LogP contribution in [0, 0.1) is 20.8 Å². The van der Waals surface area contributed by atoms with E-state index in [1.165, 1.54) is 0 Å². The van der Waals surface area contributed by atoms with E-state index in [1.54, 1.807) is 0 Å². The fraction of sp³-hybridized carbons (Fsp3) is 0.286. The van der Waals surface area contributed by atoms with Crippen molar-refractivity contribution in [3.8, 4) is 0 Å². The molecule has 1 aromatic carbocycles. The highest BCUT2D eigenvalue weighted by molar-refractivity contribution is 6.31. The van der Waals surface area contributed by atoms with Crippen molar-refractivity contribution in [1.82, 2.24) is 5.43 Å². The smallest absolute Gasteiger partial charge is 0.106 e. The summed E-state index contributed by atoms with van der Waals surface area (Å²) in [7, 11) is 0. The Labute approximate surface area is 112 Å². The summed E-state index contributed by atoms with van der Waals surface area (Å²) in [4.78, 5) is 0. The fourth-order valence-electron chi connectivity index (χ4n) is 2.09.